The molecule has 0 radical (unpaired) electrons. The second-order valence-corrected chi connectivity index (χ2v) is 4.64. The van der Waals surface area contributed by atoms with Gasteiger partial charge in [0, 0.05) is 18.8 Å². The van der Waals surface area contributed by atoms with Crippen molar-refractivity contribution >= 4 is 29.2 Å². The van der Waals surface area contributed by atoms with Crippen molar-refractivity contribution in [2.75, 3.05) is 23.9 Å². The molecule has 1 aromatic carbocycles. The highest BCUT2D eigenvalue weighted by molar-refractivity contribution is 5.98. The monoisotopic (exact) mass is 292 g/mol. The number of primary amides is 1. The maximum Gasteiger partial charge on any atom is 0.318 e. The Morgan fingerprint density at radius 3 is 2.81 bits per heavy atom. The quantitative estimate of drug-likeness (QED) is 0.727. The van der Waals surface area contributed by atoms with Crippen LogP contribution in [0.5, 0.6) is 5.75 Å². The molecule has 8 heteroatoms. The van der Waals surface area contributed by atoms with E-state index in [1.165, 1.54) is 4.90 Å². The molecule has 1 unspecified atom stereocenters. The number of nitrogens with one attached hydrogen (secondary N) is 2. The molecule has 21 heavy (non-hydrogen) atoms. The lowest BCUT2D eigenvalue weighted by Crippen LogP contribution is -2.43. The third-order valence-electron chi connectivity index (χ3n) is 3.07. The van der Waals surface area contributed by atoms with Crippen molar-refractivity contribution < 1.29 is 19.1 Å². The first kappa shape index (κ1) is 14.6. The zero-order valence-corrected chi connectivity index (χ0v) is 11.7. The predicted molar refractivity (Wildman–Crippen MR) is 76.2 cm³/mol. The molecule has 0 bridgehead atoms. The number of rotatable bonds is 3. The molecule has 4 N–H and O–H groups in total. The van der Waals surface area contributed by atoms with Crippen LogP contribution >= 0.6 is 0 Å². The van der Waals surface area contributed by atoms with Crippen molar-refractivity contribution in [3.63, 3.8) is 0 Å². The van der Waals surface area contributed by atoms with Crippen LogP contribution in [0.25, 0.3) is 0 Å². The summed E-state index contributed by atoms with van der Waals surface area (Å²) in [4.78, 5) is 35.2. The van der Waals surface area contributed by atoms with Gasteiger partial charge in [0.25, 0.3) is 5.91 Å². The van der Waals surface area contributed by atoms with Crippen LogP contribution in [0.3, 0.4) is 0 Å². The molecule has 0 spiro atoms. The fourth-order valence-corrected chi connectivity index (χ4v) is 1.91. The maximum atomic E-state index is 11.6. The lowest BCUT2D eigenvalue weighted by atomic mass is 10.2. The zero-order valence-electron chi connectivity index (χ0n) is 11.7. The molecule has 4 amide bonds. The first-order chi connectivity index (χ1) is 9.88. The summed E-state index contributed by atoms with van der Waals surface area (Å²) in [5, 5.41) is 4.91. The molecule has 1 aliphatic heterocycles. The van der Waals surface area contributed by atoms with Gasteiger partial charge in [-0.15, -0.1) is 0 Å². The van der Waals surface area contributed by atoms with Crippen molar-refractivity contribution in [3.8, 4) is 5.75 Å². The van der Waals surface area contributed by atoms with Crippen LogP contribution in [0.1, 0.15) is 6.92 Å². The molecule has 0 aliphatic carbocycles. The van der Waals surface area contributed by atoms with E-state index in [4.69, 9.17) is 10.5 Å². The van der Waals surface area contributed by atoms with E-state index < -0.39 is 18.0 Å². The number of urea groups is 1. The minimum absolute atomic E-state index is 0.0231. The number of hydrogen-bond acceptors (Lipinski definition) is 5. The molecule has 1 aromatic rings. The first-order valence-electron chi connectivity index (χ1n) is 6.28. The van der Waals surface area contributed by atoms with Gasteiger partial charge in [0.15, 0.2) is 6.61 Å². The number of ether oxygens (including phenoxy) is 1. The largest absolute Gasteiger partial charge is 0.481 e. The summed E-state index contributed by atoms with van der Waals surface area (Å²) in [6, 6.07) is 3.56. The van der Waals surface area contributed by atoms with Crippen LogP contribution < -0.4 is 26.0 Å². The Morgan fingerprint density at radius 2 is 2.14 bits per heavy atom. The van der Waals surface area contributed by atoms with Gasteiger partial charge in [-0.2, -0.15) is 0 Å². The summed E-state index contributed by atoms with van der Waals surface area (Å²) in [5.41, 5.74) is 6.17. The lowest BCUT2D eigenvalue weighted by Gasteiger charge is -2.26. The molecule has 0 saturated carbocycles. The fourth-order valence-electron chi connectivity index (χ4n) is 1.91. The van der Waals surface area contributed by atoms with Gasteiger partial charge in [-0.25, -0.2) is 4.79 Å². The van der Waals surface area contributed by atoms with Gasteiger partial charge in [0.1, 0.15) is 11.8 Å². The number of likely N-dealkylation sites (N-methyl/N-ethyl adjacent to an activating group) is 1. The summed E-state index contributed by atoms with van der Waals surface area (Å²) >= 11 is 0. The third kappa shape index (κ3) is 3.22. The third-order valence-corrected chi connectivity index (χ3v) is 3.07. The molecule has 1 aliphatic rings. The number of anilines is 2. The Bertz CT molecular complexity index is 602. The standard InChI is InChI=1S/C13H16N4O4/c1-7(12(19)16-13(14)20)15-8-3-4-9-10(5-8)21-6-11(18)17(9)2/h3-5,7,15H,6H2,1-2H3,(H3,14,16,19,20). The van der Waals surface area contributed by atoms with Gasteiger partial charge in [-0.05, 0) is 19.1 Å². The summed E-state index contributed by atoms with van der Waals surface area (Å²) < 4.78 is 5.35. The Balaban J connectivity index is 2.11. The molecule has 8 nitrogen and oxygen atoms in total. The number of nitrogens with zero attached hydrogens (tertiary/aromatic N) is 1. The number of carbonyl (C=O) groups excluding carboxylic acids is 3. The van der Waals surface area contributed by atoms with Crippen LogP contribution in [-0.2, 0) is 9.59 Å². The second kappa shape index (κ2) is 5.70. The molecule has 2 rings (SSSR count). The van der Waals surface area contributed by atoms with E-state index >= 15 is 0 Å². The van der Waals surface area contributed by atoms with Gasteiger partial charge in [0.05, 0.1) is 5.69 Å². The molecule has 0 fully saturated rings. The second-order valence-electron chi connectivity index (χ2n) is 4.64. The van der Waals surface area contributed by atoms with Gasteiger partial charge < -0.3 is 20.7 Å². The molecule has 1 heterocycles. The number of imide groups is 1. The van der Waals surface area contributed by atoms with E-state index in [1.807, 2.05) is 5.32 Å². The molecule has 1 atom stereocenters. The highest BCUT2D eigenvalue weighted by Crippen LogP contribution is 2.33. The summed E-state index contributed by atoms with van der Waals surface area (Å²) in [5.74, 6) is -0.115. The molecule has 0 saturated heterocycles. The number of benzene rings is 1. The average Bonchev–Trinajstić information content (AvgIpc) is 2.42. The van der Waals surface area contributed by atoms with Crippen molar-refractivity contribution in [3.05, 3.63) is 18.2 Å². The van der Waals surface area contributed by atoms with E-state index in [2.05, 4.69) is 5.32 Å². The van der Waals surface area contributed by atoms with E-state index in [0.29, 0.717) is 17.1 Å². The minimum atomic E-state index is -0.900. The molecular formula is C13H16N4O4. The molecule has 112 valence electrons. The van der Waals surface area contributed by atoms with Crippen molar-refractivity contribution in [2.24, 2.45) is 5.73 Å². The van der Waals surface area contributed by atoms with Gasteiger partial charge in [-0.3, -0.25) is 14.9 Å². The number of fused-ring (bicyclic) bond motifs is 1. The Kier molecular flexibility index (Phi) is 3.97. The van der Waals surface area contributed by atoms with E-state index in [9.17, 15) is 14.4 Å². The van der Waals surface area contributed by atoms with Crippen LogP contribution in [-0.4, -0.2) is 37.5 Å². The maximum absolute atomic E-state index is 11.6. The summed E-state index contributed by atoms with van der Waals surface area (Å²) in [6.07, 6.45) is 0. The topological polar surface area (TPSA) is 114 Å². The van der Waals surface area contributed by atoms with Crippen molar-refractivity contribution in [1.82, 2.24) is 5.32 Å². The fraction of sp³-hybridized carbons (Fsp3) is 0.308. The highest BCUT2D eigenvalue weighted by atomic mass is 16.5. The Labute approximate surface area is 121 Å². The van der Waals surface area contributed by atoms with E-state index in [0.717, 1.165) is 0 Å². The van der Waals surface area contributed by atoms with Crippen molar-refractivity contribution in [2.45, 2.75) is 13.0 Å². The van der Waals surface area contributed by atoms with Crippen LogP contribution in [0.15, 0.2) is 18.2 Å². The van der Waals surface area contributed by atoms with Gasteiger partial charge in [-0.1, -0.05) is 0 Å². The minimum Gasteiger partial charge on any atom is -0.481 e. The smallest absolute Gasteiger partial charge is 0.318 e. The van der Waals surface area contributed by atoms with Gasteiger partial charge >= 0.3 is 6.03 Å². The summed E-state index contributed by atoms with van der Waals surface area (Å²) in [7, 11) is 1.67. The number of nitrogens with two attached hydrogens (primary N) is 1. The molecule has 0 aromatic heterocycles. The average molecular weight is 292 g/mol. The highest BCUT2D eigenvalue weighted by Gasteiger charge is 2.23. The van der Waals surface area contributed by atoms with Crippen LogP contribution in [0.4, 0.5) is 16.2 Å². The van der Waals surface area contributed by atoms with Crippen LogP contribution in [0, 0.1) is 0 Å². The lowest BCUT2D eigenvalue weighted by molar-refractivity contribution is -0.121. The van der Waals surface area contributed by atoms with E-state index in [-0.39, 0.29) is 12.5 Å². The Hall–Kier alpha value is -2.77. The normalized spacial score (nSPS) is 14.8. The Morgan fingerprint density at radius 1 is 1.43 bits per heavy atom. The molecular weight excluding hydrogens is 276 g/mol. The number of hydrogen-bond donors (Lipinski definition) is 3. The predicted octanol–water partition coefficient (Wildman–Crippen LogP) is 0.0371. The zero-order chi connectivity index (χ0) is 15.6. The SMILES string of the molecule is CC(Nc1ccc2c(c1)OCC(=O)N2C)C(=O)NC(N)=O. The van der Waals surface area contributed by atoms with Gasteiger partial charge in [0.2, 0.25) is 5.91 Å². The number of carbonyl (C=O) groups is 3. The van der Waals surface area contributed by atoms with E-state index in [1.54, 1.807) is 32.2 Å². The van der Waals surface area contributed by atoms with Crippen LogP contribution in [0.2, 0.25) is 0 Å². The summed E-state index contributed by atoms with van der Waals surface area (Å²) in [6.45, 7) is 1.57. The number of amides is 4. The van der Waals surface area contributed by atoms with Crippen molar-refractivity contribution in [1.29, 1.82) is 0 Å². The first-order valence-corrected chi connectivity index (χ1v) is 6.28.